The first-order valence-corrected chi connectivity index (χ1v) is 10.4. The van der Waals surface area contributed by atoms with Gasteiger partial charge in [-0.3, -0.25) is 19.0 Å². The zero-order chi connectivity index (χ0) is 21.8. The van der Waals surface area contributed by atoms with Gasteiger partial charge in [-0.05, 0) is 54.8 Å². The highest BCUT2D eigenvalue weighted by Gasteiger charge is 2.12. The van der Waals surface area contributed by atoms with Crippen molar-refractivity contribution < 1.29 is 9.59 Å². The van der Waals surface area contributed by atoms with E-state index in [1.54, 1.807) is 36.4 Å². The molecule has 2 amide bonds. The predicted molar refractivity (Wildman–Crippen MR) is 121 cm³/mol. The van der Waals surface area contributed by atoms with Crippen molar-refractivity contribution in [3.8, 4) is 0 Å². The predicted octanol–water partition coefficient (Wildman–Crippen LogP) is 3.49. The van der Waals surface area contributed by atoms with Crippen molar-refractivity contribution in [2.24, 2.45) is 5.92 Å². The number of aromatic nitrogens is 2. The van der Waals surface area contributed by atoms with Crippen LogP contribution in [0.3, 0.4) is 0 Å². The number of anilines is 1. The minimum atomic E-state index is -0.353. The molecule has 0 bridgehead atoms. The molecule has 0 radical (unpaired) electrons. The number of nitrogens with one attached hydrogen (secondary N) is 2. The van der Waals surface area contributed by atoms with E-state index in [0.29, 0.717) is 34.6 Å². The van der Waals surface area contributed by atoms with Gasteiger partial charge in [-0.25, -0.2) is 4.98 Å². The minimum Gasteiger partial charge on any atom is -0.352 e. The van der Waals surface area contributed by atoms with Crippen LogP contribution in [0.2, 0.25) is 0 Å². The lowest BCUT2D eigenvalue weighted by molar-refractivity contribution is -0.116. The molecule has 0 fully saturated rings. The van der Waals surface area contributed by atoms with E-state index in [1.807, 2.05) is 20.8 Å². The number of hydrogen-bond donors (Lipinski definition) is 2. The van der Waals surface area contributed by atoms with Gasteiger partial charge >= 0.3 is 0 Å². The molecule has 1 heterocycles. The highest BCUT2D eigenvalue weighted by Crippen LogP contribution is 2.17. The van der Waals surface area contributed by atoms with Crippen molar-refractivity contribution in [3.63, 3.8) is 0 Å². The summed E-state index contributed by atoms with van der Waals surface area (Å²) in [4.78, 5) is 41.6. The van der Waals surface area contributed by atoms with Gasteiger partial charge in [0.1, 0.15) is 6.54 Å². The number of carbonyl (C=O) groups is 2. The molecule has 0 aliphatic rings. The Labute approximate surface area is 182 Å². The standard InChI is InChI=1S/C22H23BrN4O3/c1-13(2)10-24-21(29)15-4-6-18(14(3)8-15)26-20(28)11-27-12-25-19-7-5-16(23)9-17(19)22(27)30/h4-9,12-13H,10-11H2,1-3H3,(H,24,29)(H,26,28). The molecule has 0 spiro atoms. The monoisotopic (exact) mass is 470 g/mol. The molecule has 156 valence electrons. The summed E-state index contributed by atoms with van der Waals surface area (Å²) in [6.07, 6.45) is 1.37. The first-order valence-electron chi connectivity index (χ1n) is 9.58. The third-order valence-electron chi connectivity index (χ3n) is 4.53. The molecule has 7 nitrogen and oxygen atoms in total. The van der Waals surface area contributed by atoms with Gasteiger partial charge in [-0.15, -0.1) is 0 Å². The van der Waals surface area contributed by atoms with Crippen molar-refractivity contribution in [1.82, 2.24) is 14.9 Å². The maximum absolute atomic E-state index is 12.6. The van der Waals surface area contributed by atoms with Gasteiger partial charge in [0.25, 0.3) is 11.5 Å². The van der Waals surface area contributed by atoms with Crippen LogP contribution in [-0.2, 0) is 11.3 Å². The normalized spacial score (nSPS) is 11.0. The Hall–Kier alpha value is -3.00. The van der Waals surface area contributed by atoms with E-state index in [1.165, 1.54) is 10.9 Å². The molecule has 0 aliphatic heterocycles. The third-order valence-corrected chi connectivity index (χ3v) is 5.03. The fraction of sp³-hybridized carbons (Fsp3) is 0.273. The highest BCUT2D eigenvalue weighted by molar-refractivity contribution is 9.10. The fourth-order valence-corrected chi connectivity index (χ4v) is 3.29. The van der Waals surface area contributed by atoms with Crippen molar-refractivity contribution in [2.45, 2.75) is 27.3 Å². The average Bonchev–Trinajstić information content (AvgIpc) is 2.70. The van der Waals surface area contributed by atoms with E-state index in [-0.39, 0.29) is 23.9 Å². The van der Waals surface area contributed by atoms with Crippen molar-refractivity contribution in [3.05, 3.63) is 68.7 Å². The van der Waals surface area contributed by atoms with E-state index in [2.05, 4.69) is 31.5 Å². The van der Waals surface area contributed by atoms with Gasteiger partial charge < -0.3 is 10.6 Å². The lowest BCUT2D eigenvalue weighted by Crippen LogP contribution is -2.28. The molecule has 3 aromatic rings. The highest BCUT2D eigenvalue weighted by atomic mass is 79.9. The molecule has 0 atom stereocenters. The second kappa shape index (κ2) is 9.21. The quantitative estimate of drug-likeness (QED) is 0.576. The third kappa shape index (κ3) is 5.13. The zero-order valence-corrected chi connectivity index (χ0v) is 18.6. The maximum atomic E-state index is 12.6. The van der Waals surface area contributed by atoms with Crippen LogP contribution in [0.5, 0.6) is 0 Å². The van der Waals surface area contributed by atoms with Crippen LogP contribution in [0.15, 0.2) is 52.0 Å². The summed E-state index contributed by atoms with van der Waals surface area (Å²) in [6, 6.07) is 10.3. The molecule has 1 aromatic heterocycles. The van der Waals surface area contributed by atoms with Crippen LogP contribution < -0.4 is 16.2 Å². The van der Waals surface area contributed by atoms with Crippen LogP contribution in [0.25, 0.3) is 10.9 Å². The average molecular weight is 471 g/mol. The first-order chi connectivity index (χ1) is 14.2. The summed E-state index contributed by atoms with van der Waals surface area (Å²) in [5, 5.41) is 6.10. The van der Waals surface area contributed by atoms with Crippen molar-refractivity contribution in [2.75, 3.05) is 11.9 Å². The molecule has 0 unspecified atom stereocenters. The lowest BCUT2D eigenvalue weighted by atomic mass is 10.1. The molecule has 2 N–H and O–H groups in total. The van der Waals surface area contributed by atoms with Gasteiger partial charge in [0, 0.05) is 22.3 Å². The summed E-state index contributed by atoms with van der Waals surface area (Å²) >= 11 is 3.34. The van der Waals surface area contributed by atoms with E-state index < -0.39 is 0 Å². The Balaban J connectivity index is 1.72. The van der Waals surface area contributed by atoms with Crippen molar-refractivity contribution in [1.29, 1.82) is 0 Å². The van der Waals surface area contributed by atoms with E-state index in [9.17, 15) is 14.4 Å². The summed E-state index contributed by atoms with van der Waals surface area (Å²) < 4.78 is 2.04. The summed E-state index contributed by atoms with van der Waals surface area (Å²) in [7, 11) is 0. The fourth-order valence-electron chi connectivity index (χ4n) is 2.93. The van der Waals surface area contributed by atoms with Gasteiger partial charge in [0.15, 0.2) is 0 Å². The molecule has 0 saturated carbocycles. The van der Waals surface area contributed by atoms with Gasteiger partial charge in [-0.1, -0.05) is 29.8 Å². The van der Waals surface area contributed by atoms with Crippen LogP contribution in [0.4, 0.5) is 5.69 Å². The van der Waals surface area contributed by atoms with Crippen molar-refractivity contribution >= 4 is 44.3 Å². The topological polar surface area (TPSA) is 93.1 Å². The number of amides is 2. The molecule has 8 heteroatoms. The smallest absolute Gasteiger partial charge is 0.261 e. The number of carbonyl (C=O) groups excluding carboxylic acids is 2. The number of hydrogen-bond acceptors (Lipinski definition) is 4. The minimum absolute atomic E-state index is 0.148. The molecule has 0 aliphatic carbocycles. The second-order valence-corrected chi connectivity index (χ2v) is 8.44. The molecule has 3 rings (SSSR count). The SMILES string of the molecule is Cc1cc(C(=O)NCC(C)C)ccc1NC(=O)Cn1cnc2ccc(Br)cc2c1=O. The van der Waals surface area contributed by atoms with Crippen LogP contribution >= 0.6 is 15.9 Å². The van der Waals surface area contributed by atoms with Crippen LogP contribution in [0.1, 0.15) is 29.8 Å². The Morgan fingerprint density at radius 2 is 1.93 bits per heavy atom. The number of benzene rings is 2. The Morgan fingerprint density at radius 1 is 1.17 bits per heavy atom. The number of rotatable bonds is 6. The molecule has 0 saturated heterocycles. The van der Waals surface area contributed by atoms with E-state index in [0.717, 1.165) is 10.0 Å². The number of nitrogens with zero attached hydrogens (tertiary/aromatic N) is 2. The Bertz CT molecular complexity index is 1170. The largest absolute Gasteiger partial charge is 0.352 e. The number of halogens is 1. The Morgan fingerprint density at radius 3 is 2.63 bits per heavy atom. The summed E-state index contributed by atoms with van der Waals surface area (Å²) in [6.45, 7) is 6.31. The second-order valence-electron chi connectivity index (χ2n) is 7.52. The maximum Gasteiger partial charge on any atom is 0.261 e. The van der Waals surface area contributed by atoms with Crippen LogP contribution in [0, 0.1) is 12.8 Å². The zero-order valence-electron chi connectivity index (χ0n) is 17.0. The summed E-state index contributed by atoms with van der Waals surface area (Å²) in [5.74, 6) is -0.138. The lowest BCUT2D eigenvalue weighted by Gasteiger charge is -2.12. The molecular weight excluding hydrogens is 448 g/mol. The van der Waals surface area contributed by atoms with E-state index in [4.69, 9.17) is 0 Å². The number of aryl methyl sites for hydroxylation is 1. The first kappa shape index (κ1) is 21.7. The van der Waals surface area contributed by atoms with Gasteiger partial charge in [0.2, 0.25) is 5.91 Å². The summed E-state index contributed by atoms with van der Waals surface area (Å²) in [5.41, 5.74) is 2.16. The molecule has 30 heavy (non-hydrogen) atoms. The van der Waals surface area contributed by atoms with Gasteiger partial charge in [0.05, 0.1) is 17.2 Å². The Kier molecular flexibility index (Phi) is 6.66. The van der Waals surface area contributed by atoms with Gasteiger partial charge in [-0.2, -0.15) is 0 Å². The van der Waals surface area contributed by atoms with Crippen LogP contribution in [-0.4, -0.2) is 27.9 Å². The molecule has 2 aromatic carbocycles. The molecular formula is C22H23BrN4O3. The van der Waals surface area contributed by atoms with E-state index >= 15 is 0 Å². The number of fused-ring (bicyclic) bond motifs is 1.